The van der Waals surface area contributed by atoms with E-state index in [4.69, 9.17) is 4.11 Å². The first kappa shape index (κ1) is 9.76. The molecule has 1 N–H and O–H groups in total. The van der Waals surface area contributed by atoms with E-state index >= 15 is 0 Å². The van der Waals surface area contributed by atoms with E-state index in [1.54, 1.807) is 4.72 Å². The van der Waals surface area contributed by atoms with Crippen LogP contribution >= 0.6 is 0 Å². The van der Waals surface area contributed by atoms with E-state index in [1.165, 1.54) is 0 Å². The van der Waals surface area contributed by atoms with Crippen LogP contribution in [-0.2, 0) is 10.0 Å². The maximum absolute atomic E-state index is 11.5. The fourth-order valence-electron chi connectivity index (χ4n) is 0.994. The molecule has 0 aliphatic rings. The Balaban J connectivity index is 3.24. The number of hydrogen-bond acceptors (Lipinski definition) is 7. The molecular formula is C8H9N3O6S. The molecular weight excluding hydrogens is 266 g/mol. The molecule has 1 rings (SSSR count). The number of carbonyl (C=O) groups is 1. The van der Waals surface area contributed by atoms with Gasteiger partial charge in [-0.25, -0.2) is 18.1 Å². The molecule has 0 radical (unpaired) electrons. The molecule has 0 bridgehead atoms. The molecule has 0 saturated heterocycles. The molecule has 1 heterocycles. The Morgan fingerprint density at radius 1 is 1.61 bits per heavy atom. The van der Waals surface area contributed by atoms with Crippen molar-refractivity contribution in [3.63, 3.8) is 0 Å². The Hall–Kier alpha value is -2.23. The molecule has 0 unspecified atom stereocenters. The minimum absolute atomic E-state index is 0.551. The summed E-state index contributed by atoms with van der Waals surface area (Å²) in [6.07, 6.45) is 0.718. The zero-order chi connectivity index (χ0) is 16.4. The Morgan fingerprint density at radius 2 is 2.28 bits per heavy atom. The van der Waals surface area contributed by atoms with Crippen LogP contribution in [0.3, 0.4) is 0 Å². The highest BCUT2D eigenvalue weighted by Gasteiger charge is 2.20. The van der Waals surface area contributed by atoms with Crippen LogP contribution in [0.2, 0.25) is 0 Å². The molecule has 1 aromatic heterocycles. The lowest BCUT2D eigenvalue weighted by molar-refractivity contribution is -0.386. The molecule has 0 aromatic carbocycles. The lowest BCUT2D eigenvalue weighted by Crippen LogP contribution is -2.30. The molecule has 0 spiro atoms. The number of carbonyl (C=O) groups excluding carboxylic acids is 1. The summed E-state index contributed by atoms with van der Waals surface area (Å²) in [5.74, 6) is -2.09. The topological polar surface area (TPSA) is 128 Å². The lowest BCUT2D eigenvalue weighted by Gasteiger charge is -2.04. The third-order valence-corrected chi connectivity index (χ3v) is 2.20. The summed E-state index contributed by atoms with van der Waals surface area (Å²) in [6.45, 7) is 0. The molecule has 1 amide bonds. The van der Waals surface area contributed by atoms with Gasteiger partial charge < -0.3 is 4.74 Å². The first-order valence-electron chi connectivity index (χ1n) is 5.75. The monoisotopic (exact) mass is 278 g/mol. The van der Waals surface area contributed by atoms with Gasteiger partial charge in [0.25, 0.3) is 11.8 Å². The predicted octanol–water partition coefficient (Wildman–Crippen LogP) is -0.312. The van der Waals surface area contributed by atoms with Crippen molar-refractivity contribution in [2.24, 2.45) is 0 Å². The summed E-state index contributed by atoms with van der Waals surface area (Å²) in [5, 5.41) is 10.7. The van der Waals surface area contributed by atoms with Gasteiger partial charge in [-0.1, -0.05) is 0 Å². The third kappa shape index (κ3) is 3.38. The third-order valence-electron chi connectivity index (χ3n) is 1.64. The lowest BCUT2D eigenvalue weighted by atomic mass is 10.3. The standard InChI is InChI=1S/C8H9N3O6S/c1-17-8-6(11(13)14)4-3-5(9-8)7(12)10-18(2,15)16/h3-4H,1-2H3,(H,10,12)/i1D3. The maximum Gasteiger partial charge on any atom is 0.330 e. The first-order chi connectivity index (χ1) is 9.39. The molecule has 18 heavy (non-hydrogen) atoms. The number of sulfonamides is 1. The Morgan fingerprint density at radius 3 is 2.78 bits per heavy atom. The molecule has 9 nitrogen and oxygen atoms in total. The second-order valence-electron chi connectivity index (χ2n) is 3.08. The normalized spacial score (nSPS) is 13.9. The van der Waals surface area contributed by atoms with Crippen LogP contribution in [0.1, 0.15) is 14.6 Å². The summed E-state index contributed by atoms with van der Waals surface area (Å²) in [6, 6.07) is 1.65. The highest BCUT2D eigenvalue weighted by atomic mass is 32.2. The van der Waals surface area contributed by atoms with Crippen LogP contribution in [0.4, 0.5) is 5.69 Å². The van der Waals surface area contributed by atoms with Crippen molar-refractivity contribution in [3.8, 4) is 5.88 Å². The van der Waals surface area contributed by atoms with Crippen LogP contribution in [-0.4, -0.2) is 37.5 Å². The molecule has 98 valence electrons. The van der Waals surface area contributed by atoms with Gasteiger partial charge >= 0.3 is 5.69 Å². The predicted molar refractivity (Wildman–Crippen MR) is 59.8 cm³/mol. The average molecular weight is 278 g/mol. The van der Waals surface area contributed by atoms with Gasteiger partial charge in [-0.05, 0) is 6.07 Å². The van der Waals surface area contributed by atoms with E-state index in [1.807, 2.05) is 0 Å². The van der Waals surface area contributed by atoms with Crippen molar-refractivity contribution in [2.75, 3.05) is 13.3 Å². The van der Waals surface area contributed by atoms with Crippen LogP contribution in [0.15, 0.2) is 12.1 Å². The van der Waals surface area contributed by atoms with Crippen LogP contribution < -0.4 is 9.46 Å². The van der Waals surface area contributed by atoms with Gasteiger partial charge in [0.1, 0.15) is 5.69 Å². The fourth-order valence-corrected chi connectivity index (χ4v) is 1.44. The first-order valence-corrected chi connectivity index (χ1v) is 6.15. The van der Waals surface area contributed by atoms with Gasteiger partial charge in [0.15, 0.2) is 0 Å². The smallest absolute Gasteiger partial charge is 0.330 e. The zero-order valence-electron chi connectivity index (χ0n) is 11.9. The summed E-state index contributed by atoms with van der Waals surface area (Å²) in [5.41, 5.74) is -1.33. The number of aromatic nitrogens is 1. The SMILES string of the molecule is [2H]C([2H])([2H])Oc1nc(C(=O)NS(C)(=O)=O)ccc1[N+](=O)[O-]. The van der Waals surface area contributed by atoms with Crippen molar-refractivity contribution in [1.82, 2.24) is 9.71 Å². The van der Waals surface area contributed by atoms with Gasteiger partial charge in [0, 0.05) is 6.07 Å². The molecule has 1 aromatic rings. The molecule has 0 saturated carbocycles. The number of methoxy groups -OCH3 is 1. The largest absolute Gasteiger partial charge is 0.476 e. The van der Waals surface area contributed by atoms with Gasteiger partial charge in [-0.3, -0.25) is 14.9 Å². The van der Waals surface area contributed by atoms with E-state index < -0.39 is 45.2 Å². The average Bonchev–Trinajstić information content (AvgIpc) is 2.23. The second kappa shape index (κ2) is 4.96. The highest BCUT2D eigenvalue weighted by molar-refractivity contribution is 7.89. The molecule has 0 fully saturated rings. The fraction of sp³-hybridized carbons (Fsp3) is 0.250. The Kier molecular flexibility index (Phi) is 2.69. The van der Waals surface area contributed by atoms with E-state index in [2.05, 4.69) is 9.72 Å². The van der Waals surface area contributed by atoms with Gasteiger partial charge in [0.05, 0.1) is 22.3 Å². The van der Waals surface area contributed by atoms with Gasteiger partial charge in [0.2, 0.25) is 10.0 Å². The number of pyridine rings is 1. The minimum atomic E-state index is -3.87. The summed E-state index contributed by atoms with van der Waals surface area (Å²) in [7, 11) is -6.90. The second-order valence-corrected chi connectivity index (χ2v) is 4.83. The van der Waals surface area contributed by atoms with E-state index in [0.717, 1.165) is 18.4 Å². The Bertz CT molecular complexity index is 687. The van der Waals surface area contributed by atoms with Crippen molar-refractivity contribution in [2.45, 2.75) is 0 Å². The molecule has 0 aliphatic heterocycles. The number of nitro groups is 1. The number of nitrogens with one attached hydrogen (secondary N) is 1. The van der Waals surface area contributed by atoms with Crippen LogP contribution in [0.5, 0.6) is 5.88 Å². The van der Waals surface area contributed by atoms with E-state index in [-0.39, 0.29) is 0 Å². The minimum Gasteiger partial charge on any atom is -0.476 e. The number of nitrogens with zero attached hydrogens (tertiary/aromatic N) is 2. The highest BCUT2D eigenvalue weighted by Crippen LogP contribution is 2.23. The van der Waals surface area contributed by atoms with Crippen molar-refractivity contribution < 1.29 is 27.0 Å². The zero-order valence-corrected chi connectivity index (χ0v) is 9.72. The summed E-state index contributed by atoms with van der Waals surface area (Å²) < 4.78 is 48.4. The van der Waals surface area contributed by atoms with Crippen molar-refractivity contribution in [3.05, 3.63) is 27.9 Å². The van der Waals surface area contributed by atoms with Crippen LogP contribution in [0, 0.1) is 10.1 Å². The summed E-state index contributed by atoms with van der Waals surface area (Å²) in [4.78, 5) is 24.7. The van der Waals surface area contributed by atoms with Gasteiger partial charge in [-0.2, -0.15) is 0 Å². The maximum atomic E-state index is 11.5. The molecule has 0 aliphatic carbocycles. The van der Waals surface area contributed by atoms with Crippen LogP contribution in [0.25, 0.3) is 0 Å². The molecule has 0 atom stereocenters. The number of amides is 1. The number of rotatable bonds is 4. The van der Waals surface area contributed by atoms with E-state index in [0.29, 0.717) is 0 Å². The number of ether oxygens (including phenoxy) is 1. The van der Waals surface area contributed by atoms with Crippen molar-refractivity contribution in [1.29, 1.82) is 0 Å². The molecule has 10 heteroatoms. The Labute approximate surface area is 106 Å². The van der Waals surface area contributed by atoms with E-state index in [9.17, 15) is 23.3 Å². The quantitative estimate of drug-likeness (QED) is 0.590. The summed E-state index contributed by atoms with van der Waals surface area (Å²) >= 11 is 0. The van der Waals surface area contributed by atoms with Crippen molar-refractivity contribution >= 4 is 21.6 Å². The van der Waals surface area contributed by atoms with Gasteiger partial charge in [-0.15, -0.1) is 0 Å². The number of hydrogen-bond donors (Lipinski definition) is 1.